The number of rotatable bonds is 6. The molecule has 116 valence electrons. The lowest BCUT2D eigenvalue weighted by Crippen LogP contribution is -2.32. The minimum Gasteiger partial charge on any atom is -0.493 e. The highest BCUT2D eigenvalue weighted by Gasteiger charge is 2.36. The Kier molecular flexibility index (Phi) is 4.44. The molecule has 1 aliphatic heterocycles. The van der Waals surface area contributed by atoms with Gasteiger partial charge in [-0.15, -0.1) is 0 Å². The van der Waals surface area contributed by atoms with Crippen LogP contribution in [0.5, 0.6) is 5.75 Å². The Morgan fingerprint density at radius 1 is 1.27 bits per heavy atom. The third-order valence-electron chi connectivity index (χ3n) is 4.08. The van der Waals surface area contributed by atoms with Crippen LogP contribution >= 0.6 is 0 Å². The van der Waals surface area contributed by atoms with E-state index in [-0.39, 0.29) is 17.7 Å². The van der Waals surface area contributed by atoms with Crippen LogP contribution in [0.1, 0.15) is 5.56 Å². The number of nitrogens with zero attached hydrogens (tertiary/aromatic N) is 1. The van der Waals surface area contributed by atoms with Crippen molar-refractivity contribution < 1.29 is 13.9 Å². The zero-order chi connectivity index (χ0) is 15.4. The monoisotopic (exact) mass is 300 g/mol. The number of amides is 1. The molecular weight excluding hydrogens is 280 g/mol. The fourth-order valence-corrected chi connectivity index (χ4v) is 2.94. The van der Waals surface area contributed by atoms with E-state index >= 15 is 0 Å². The first kappa shape index (κ1) is 14.7. The topological polar surface area (TPSA) is 68.7 Å². The summed E-state index contributed by atoms with van der Waals surface area (Å²) in [4.78, 5) is 13.9. The number of primary amides is 1. The van der Waals surface area contributed by atoms with Gasteiger partial charge in [0, 0.05) is 31.1 Å². The molecule has 1 aromatic heterocycles. The van der Waals surface area contributed by atoms with E-state index in [9.17, 15) is 4.79 Å². The summed E-state index contributed by atoms with van der Waals surface area (Å²) in [5.74, 6) is 0.510. The molecule has 0 saturated carbocycles. The van der Waals surface area contributed by atoms with Crippen LogP contribution in [0.2, 0.25) is 0 Å². The molecule has 2 N–H and O–H groups in total. The lowest BCUT2D eigenvalue weighted by molar-refractivity contribution is -0.122. The van der Waals surface area contributed by atoms with Crippen molar-refractivity contribution in [1.82, 2.24) is 4.90 Å². The first-order valence-corrected chi connectivity index (χ1v) is 7.43. The second-order valence-corrected chi connectivity index (χ2v) is 5.72. The van der Waals surface area contributed by atoms with Crippen LogP contribution in [0.3, 0.4) is 0 Å². The van der Waals surface area contributed by atoms with Crippen LogP contribution in [-0.2, 0) is 11.3 Å². The predicted molar refractivity (Wildman–Crippen MR) is 82.1 cm³/mol. The van der Waals surface area contributed by atoms with Gasteiger partial charge in [0.1, 0.15) is 5.75 Å². The van der Waals surface area contributed by atoms with E-state index in [0.29, 0.717) is 13.2 Å². The number of likely N-dealkylation sites (tertiary alicyclic amines) is 1. The first-order valence-electron chi connectivity index (χ1n) is 7.43. The van der Waals surface area contributed by atoms with Gasteiger partial charge in [0.15, 0.2) is 0 Å². The number of hydrogen-bond acceptors (Lipinski definition) is 4. The molecule has 1 saturated heterocycles. The van der Waals surface area contributed by atoms with Gasteiger partial charge in [-0.1, -0.05) is 18.2 Å². The minimum atomic E-state index is -0.253. The second kappa shape index (κ2) is 6.66. The van der Waals surface area contributed by atoms with Crippen molar-refractivity contribution in [2.45, 2.75) is 6.54 Å². The van der Waals surface area contributed by atoms with Crippen LogP contribution in [-0.4, -0.2) is 30.5 Å². The molecule has 5 heteroatoms. The minimum absolute atomic E-state index is 0.115. The lowest BCUT2D eigenvalue weighted by atomic mass is 9.96. The van der Waals surface area contributed by atoms with Gasteiger partial charge in [0.25, 0.3) is 0 Å². The standard InChI is InChI=1S/C17H20N2O3/c18-17(20)16-10-19(8-13-6-7-21-11-13)9-14(16)12-22-15-4-2-1-3-5-15/h1-7,11,14,16H,8-10,12H2,(H2,18,20)/t14-,16+/m0/s1. The van der Waals surface area contributed by atoms with Crippen LogP contribution in [0, 0.1) is 11.8 Å². The van der Waals surface area contributed by atoms with Crippen LogP contribution < -0.4 is 10.5 Å². The summed E-state index contributed by atoms with van der Waals surface area (Å²) in [6.07, 6.45) is 3.39. The number of benzene rings is 1. The molecule has 1 amide bonds. The Labute approximate surface area is 129 Å². The summed E-state index contributed by atoms with van der Waals surface area (Å²) in [6, 6.07) is 11.6. The lowest BCUT2D eigenvalue weighted by Gasteiger charge is -2.16. The normalized spacial score (nSPS) is 21.8. The first-order chi connectivity index (χ1) is 10.7. The summed E-state index contributed by atoms with van der Waals surface area (Å²) in [7, 11) is 0. The van der Waals surface area contributed by atoms with E-state index < -0.39 is 0 Å². The molecule has 2 heterocycles. The van der Waals surface area contributed by atoms with Gasteiger partial charge in [0.2, 0.25) is 5.91 Å². The summed E-state index contributed by atoms with van der Waals surface area (Å²) in [6.45, 7) is 2.73. The van der Waals surface area contributed by atoms with Gasteiger partial charge in [-0.2, -0.15) is 0 Å². The second-order valence-electron chi connectivity index (χ2n) is 5.72. The number of para-hydroxylation sites is 1. The molecule has 1 aromatic carbocycles. The van der Waals surface area contributed by atoms with Crippen molar-refractivity contribution >= 4 is 5.91 Å². The maximum atomic E-state index is 11.7. The number of ether oxygens (including phenoxy) is 1. The largest absolute Gasteiger partial charge is 0.493 e. The highest BCUT2D eigenvalue weighted by molar-refractivity contribution is 5.77. The van der Waals surface area contributed by atoms with E-state index in [1.54, 1.807) is 12.5 Å². The van der Waals surface area contributed by atoms with Crippen molar-refractivity contribution in [2.24, 2.45) is 17.6 Å². The Hall–Kier alpha value is -2.27. The molecule has 0 spiro atoms. The van der Waals surface area contributed by atoms with Gasteiger partial charge < -0.3 is 14.9 Å². The summed E-state index contributed by atoms with van der Waals surface area (Å²) < 4.78 is 10.9. The summed E-state index contributed by atoms with van der Waals surface area (Å²) in [5, 5.41) is 0. The number of hydrogen-bond donors (Lipinski definition) is 1. The zero-order valence-corrected chi connectivity index (χ0v) is 12.4. The SMILES string of the molecule is NC(=O)[C@@H]1CN(Cc2ccoc2)C[C@H]1COc1ccccc1. The average Bonchev–Trinajstić information content (AvgIpc) is 3.16. The Bertz CT molecular complexity index is 598. The van der Waals surface area contributed by atoms with Crippen molar-refractivity contribution in [3.8, 4) is 5.75 Å². The summed E-state index contributed by atoms with van der Waals surface area (Å²) in [5.41, 5.74) is 6.66. The predicted octanol–water partition coefficient (Wildman–Crippen LogP) is 1.89. The molecule has 2 aromatic rings. The molecule has 0 aliphatic carbocycles. The third-order valence-corrected chi connectivity index (χ3v) is 4.08. The van der Waals surface area contributed by atoms with Crippen molar-refractivity contribution in [1.29, 1.82) is 0 Å². The molecule has 5 nitrogen and oxygen atoms in total. The molecule has 22 heavy (non-hydrogen) atoms. The molecule has 0 radical (unpaired) electrons. The molecule has 2 atom stereocenters. The Balaban J connectivity index is 1.60. The Morgan fingerprint density at radius 2 is 2.09 bits per heavy atom. The van der Waals surface area contributed by atoms with Gasteiger partial charge in [-0.3, -0.25) is 9.69 Å². The maximum absolute atomic E-state index is 11.7. The van der Waals surface area contributed by atoms with Crippen molar-refractivity contribution in [2.75, 3.05) is 19.7 Å². The average molecular weight is 300 g/mol. The van der Waals surface area contributed by atoms with Crippen LogP contribution in [0.4, 0.5) is 0 Å². The smallest absolute Gasteiger partial charge is 0.222 e. The highest BCUT2D eigenvalue weighted by Crippen LogP contribution is 2.26. The van der Waals surface area contributed by atoms with Crippen molar-refractivity contribution in [3.63, 3.8) is 0 Å². The number of carbonyl (C=O) groups is 1. The van der Waals surface area contributed by atoms with Gasteiger partial charge in [0.05, 0.1) is 25.1 Å². The number of furan rings is 1. The fraction of sp³-hybridized carbons (Fsp3) is 0.353. The third kappa shape index (κ3) is 3.49. The highest BCUT2D eigenvalue weighted by atomic mass is 16.5. The quantitative estimate of drug-likeness (QED) is 0.884. The van der Waals surface area contributed by atoms with Gasteiger partial charge in [-0.05, 0) is 18.2 Å². The molecule has 3 rings (SSSR count). The van der Waals surface area contributed by atoms with E-state index in [1.165, 1.54) is 0 Å². The van der Waals surface area contributed by atoms with Crippen LogP contribution in [0.25, 0.3) is 0 Å². The van der Waals surface area contributed by atoms with Crippen molar-refractivity contribution in [3.05, 3.63) is 54.5 Å². The van der Waals surface area contributed by atoms with Gasteiger partial charge in [-0.25, -0.2) is 0 Å². The fourth-order valence-electron chi connectivity index (χ4n) is 2.94. The van der Waals surface area contributed by atoms with E-state index in [1.807, 2.05) is 36.4 Å². The molecule has 1 aliphatic rings. The molecule has 0 unspecified atom stereocenters. The number of carbonyl (C=O) groups excluding carboxylic acids is 1. The molecule has 0 bridgehead atoms. The zero-order valence-electron chi connectivity index (χ0n) is 12.4. The van der Waals surface area contributed by atoms with Crippen LogP contribution in [0.15, 0.2) is 53.3 Å². The van der Waals surface area contributed by atoms with E-state index in [4.69, 9.17) is 14.9 Å². The van der Waals surface area contributed by atoms with Gasteiger partial charge >= 0.3 is 0 Å². The molecule has 1 fully saturated rings. The maximum Gasteiger partial charge on any atom is 0.222 e. The van der Waals surface area contributed by atoms with E-state index in [0.717, 1.165) is 24.4 Å². The van der Waals surface area contributed by atoms with E-state index in [2.05, 4.69) is 4.90 Å². The number of nitrogens with two attached hydrogens (primary N) is 1. The Morgan fingerprint density at radius 3 is 2.77 bits per heavy atom. The summed E-state index contributed by atoms with van der Waals surface area (Å²) >= 11 is 0. The molecular formula is C17H20N2O3.